The van der Waals surface area contributed by atoms with Crippen molar-refractivity contribution in [3.05, 3.63) is 59.7 Å². The third-order valence-corrected chi connectivity index (χ3v) is 2.70. The van der Waals surface area contributed by atoms with Gasteiger partial charge in [0, 0.05) is 6.04 Å². The Hall–Kier alpha value is -2.00. The summed E-state index contributed by atoms with van der Waals surface area (Å²) in [7, 11) is 0. The van der Waals surface area contributed by atoms with Gasteiger partial charge >= 0.3 is 0 Å². The Balaban J connectivity index is 2.04. The summed E-state index contributed by atoms with van der Waals surface area (Å²) >= 11 is 0. The lowest BCUT2D eigenvalue weighted by Gasteiger charge is -2.10. The fourth-order valence-electron chi connectivity index (χ4n) is 1.70. The molecule has 0 bridgehead atoms. The number of hydrogen-bond donors (Lipinski definition) is 2. The van der Waals surface area contributed by atoms with Gasteiger partial charge in [0.1, 0.15) is 18.1 Å². The largest absolute Gasteiger partial charge is 0.508 e. The Morgan fingerprint density at radius 3 is 2.67 bits per heavy atom. The lowest BCUT2D eigenvalue weighted by Crippen LogP contribution is -2.05. The fourth-order valence-corrected chi connectivity index (χ4v) is 1.70. The molecule has 1 unspecified atom stereocenters. The maximum absolute atomic E-state index is 9.36. The number of rotatable bonds is 4. The van der Waals surface area contributed by atoms with Crippen LogP contribution in [0, 0.1) is 0 Å². The van der Waals surface area contributed by atoms with Crippen molar-refractivity contribution in [1.29, 1.82) is 0 Å². The van der Waals surface area contributed by atoms with E-state index in [1.807, 2.05) is 37.3 Å². The lowest BCUT2D eigenvalue weighted by atomic mass is 10.1. The first-order valence-corrected chi connectivity index (χ1v) is 5.91. The second-order valence-electron chi connectivity index (χ2n) is 4.32. The highest BCUT2D eigenvalue weighted by Crippen LogP contribution is 2.19. The molecule has 0 radical (unpaired) electrons. The number of hydrogen-bond acceptors (Lipinski definition) is 3. The van der Waals surface area contributed by atoms with Gasteiger partial charge in [0.2, 0.25) is 0 Å². The molecule has 0 aliphatic heterocycles. The van der Waals surface area contributed by atoms with Crippen LogP contribution < -0.4 is 10.5 Å². The summed E-state index contributed by atoms with van der Waals surface area (Å²) in [6, 6.07) is 14.8. The van der Waals surface area contributed by atoms with Crippen LogP contribution in [-0.4, -0.2) is 5.11 Å². The highest BCUT2D eigenvalue weighted by atomic mass is 16.5. The number of aromatic hydroxyl groups is 1. The van der Waals surface area contributed by atoms with E-state index in [1.54, 1.807) is 18.2 Å². The van der Waals surface area contributed by atoms with Gasteiger partial charge in [0.05, 0.1) is 0 Å². The van der Waals surface area contributed by atoms with Gasteiger partial charge < -0.3 is 15.6 Å². The zero-order valence-corrected chi connectivity index (χ0v) is 10.3. The van der Waals surface area contributed by atoms with Gasteiger partial charge in [-0.3, -0.25) is 0 Å². The first-order chi connectivity index (χ1) is 8.65. The molecule has 3 N–H and O–H groups in total. The van der Waals surface area contributed by atoms with Crippen LogP contribution in [0.25, 0.3) is 0 Å². The molecule has 0 amide bonds. The minimum atomic E-state index is -0.00526. The van der Waals surface area contributed by atoms with Crippen LogP contribution in [0.4, 0.5) is 0 Å². The molecule has 3 nitrogen and oxygen atoms in total. The molecule has 0 spiro atoms. The molecule has 0 fully saturated rings. The summed E-state index contributed by atoms with van der Waals surface area (Å²) in [5, 5.41) is 9.36. The second-order valence-corrected chi connectivity index (χ2v) is 4.32. The molecule has 2 aromatic carbocycles. The number of ether oxygens (including phenoxy) is 1. The Labute approximate surface area is 107 Å². The second kappa shape index (κ2) is 5.56. The number of phenols is 1. The standard InChI is InChI=1S/C15H17NO2/c1-11(16)13-5-3-7-15(9-13)18-10-12-4-2-6-14(17)8-12/h2-9,11,17H,10,16H2,1H3. The minimum absolute atomic E-state index is 0.00526. The predicted octanol–water partition coefficient (Wildman–Crippen LogP) is 2.99. The van der Waals surface area contributed by atoms with Gasteiger partial charge in [0.15, 0.2) is 0 Å². The summed E-state index contributed by atoms with van der Waals surface area (Å²) in [6.07, 6.45) is 0. The summed E-state index contributed by atoms with van der Waals surface area (Å²) in [5.41, 5.74) is 7.80. The van der Waals surface area contributed by atoms with Crippen LogP contribution in [0.1, 0.15) is 24.1 Å². The molecule has 1 atom stereocenters. The zero-order valence-electron chi connectivity index (χ0n) is 10.3. The smallest absolute Gasteiger partial charge is 0.120 e. The monoisotopic (exact) mass is 243 g/mol. The van der Waals surface area contributed by atoms with Gasteiger partial charge in [-0.25, -0.2) is 0 Å². The maximum atomic E-state index is 9.36. The zero-order chi connectivity index (χ0) is 13.0. The van der Waals surface area contributed by atoms with Gasteiger partial charge in [0.25, 0.3) is 0 Å². The average molecular weight is 243 g/mol. The van der Waals surface area contributed by atoms with Gasteiger partial charge in [-0.1, -0.05) is 24.3 Å². The van der Waals surface area contributed by atoms with Crippen molar-refractivity contribution in [2.45, 2.75) is 19.6 Å². The SMILES string of the molecule is CC(N)c1cccc(OCc2cccc(O)c2)c1. The van der Waals surface area contributed by atoms with Crippen molar-refractivity contribution in [1.82, 2.24) is 0 Å². The Morgan fingerprint density at radius 1 is 1.17 bits per heavy atom. The quantitative estimate of drug-likeness (QED) is 0.868. The van der Waals surface area contributed by atoms with Crippen molar-refractivity contribution < 1.29 is 9.84 Å². The summed E-state index contributed by atoms with van der Waals surface area (Å²) in [6.45, 7) is 2.37. The van der Waals surface area contributed by atoms with E-state index in [9.17, 15) is 5.11 Å². The molecule has 2 aromatic rings. The first-order valence-electron chi connectivity index (χ1n) is 5.91. The molecule has 18 heavy (non-hydrogen) atoms. The molecule has 0 aromatic heterocycles. The van der Waals surface area contributed by atoms with Crippen molar-refractivity contribution in [3.8, 4) is 11.5 Å². The minimum Gasteiger partial charge on any atom is -0.508 e. The average Bonchev–Trinajstić information content (AvgIpc) is 2.37. The van der Waals surface area contributed by atoms with Crippen molar-refractivity contribution in [3.63, 3.8) is 0 Å². The van der Waals surface area contributed by atoms with Crippen LogP contribution in [0.15, 0.2) is 48.5 Å². The highest BCUT2D eigenvalue weighted by Gasteiger charge is 2.02. The molecule has 2 rings (SSSR count). The molecular weight excluding hydrogens is 226 g/mol. The summed E-state index contributed by atoms with van der Waals surface area (Å²) < 4.78 is 5.67. The third-order valence-electron chi connectivity index (χ3n) is 2.70. The Bertz CT molecular complexity index is 523. The summed E-state index contributed by atoms with van der Waals surface area (Å²) in [4.78, 5) is 0. The molecule has 0 heterocycles. The van der Waals surface area contributed by atoms with Crippen LogP contribution in [0.2, 0.25) is 0 Å². The first kappa shape index (κ1) is 12.5. The van der Waals surface area contributed by atoms with E-state index in [0.717, 1.165) is 16.9 Å². The van der Waals surface area contributed by atoms with Crippen LogP contribution in [0.3, 0.4) is 0 Å². The van der Waals surface area contributed by atoms with Crippen molar-refractivity contribution in [2.24, 2.45) is 5.73 Å². The van der Waals surface area contributed by atoms with E-state index in [2.05, 4.69) is 0 Å². The van der Waals surface area contributed by atoms with E-state index < -0.39 is 0 Å². The number of benzene rings is 2. The topological polar surface area (TPSA) is 55.5 Å². The maximum Gasteiger partial charge on any atom is 0.120 e. The highest BCUT2D eigenvalue weighted by molar-refractivity contribution is 5.31. The molecule has 3 heteroatoms. The molecule has 0 saturated carbocycles. The van der Waals surface area contributed by atoms with E-state index in [-0.39, 0.29) is 11.8 Å². The Kier molecular flexibility index (Phi) is 3.85. The number of nitrogens with two attached hydrogens (primary N) is 1. The van der Waals surface area contributed by atoms with Crippen molar-refractivity contribution >= 4 is 0 Å². The fraction of sp³-hybridized carbons (Fsp3) is 0.200. The van der Waals surface area contributed by atoms with E-state index in [1.165, 1.54) is 0 Å². The predicted molar refractivity (Wildman–Crippen MR) is 71.5 cm³/mol. The van der Waals surface area contributed by atoms with E-state index in [4.69, 9.17) is 10.5 Å². The molecule has 94 valence electrons. The van der Waals surface area contributed by atoms with Crippen molar-refractivity contribution in [2.75, 3.05) is 0 Å². The van der Waals surface area contributed by atoms with Gasteiger partial charge in [-0.2, -0.15) is 0 Å². The Morgan fingerprint density at radius 2 is 1.94 bits per heavy atom. The summed E-state index contributed by atoms with van der Waals surface area (Å²) in [5.74, 6) is 1.04. The van der Waals surface area contributed by atoms with E-state index in [0.29, 0.717) is 6.61 Å². The normalized spacial score (nSPS) is 12.1. The lowest BCUT2D eigenvalue weighted by molar-refractivity contribution is 0.305. The van der Waals surface area contributed by atoms with Crippen LogP contribution >= 0.6 is 0 Å². The van der Waals surface area contributed by atoms with Gasteiger partial charge in [-0.15, -0.1) is 0 Å². The molecule has 0 aliphatic rings. The van der Waals surface area contributed by atoms with Crippen LogP contribution in [0.5, 0.6) is 11.5 Å². The van der Waals surface area contributed by atoms with Gasteiger partial charge in [-0.05, 0) is 42.3 Å². The third kappa shape index (κ3) is 3.25. The molecule has 0 aliphatic carbocycles. The van der Waals surface area contributed by atoms with Crippen LogP contribution in [-0.2, 0) is 6.61 Å². The number of phenolic OH excluding ortho intramolecular Hbond substituents is 1. The molecule has 0 saturated heterocycles. The molecular formula is C15H17NO2. The van der Waals surface area contributed by atoms with E-state index >= 15 is 0 Å².